The number of phenolic OH excluding ortho intramolecular Hbond substituents is 2. The Kier molecular flexibility index (Phi) is 5.49. The second-order valence-electron chi connectivity index (χ2n) is 4.58. The highest BCUT2D eigenvalue weighted by molar-refractivity contribution is 5.76. The van der Waals surface area contributed by atoms with Gasteiger partial charge in [0.05, 0.1) is 0 Å². The molecule has 1 rings (SSSR count). The van der Waals surface area contributed by atoms with Crippen LogP contribution in [0.25, 0.3) is 0 Å². The van der Waals surface area contributed by atoms with Crippen molar-refractivity contribution in [1.82, 2.24) is 5.32 Å². The predicted molar refractivity (Wildman–Crippen MR) is 70.6 cm³/mol. The van der Waals surface area contributed by atoms with Crippen molar-refractivity contribution in [3.05, 3.63) is 23.8 Å². The van der Waals surface area contributed by atoms with Crippen LogP contribution in [0.4, 0.5) is 0 Å². The van der Waals surface area contributed by atoms with Crippen LogP contribution in [0.2, 0.25) is 0 Å². The third kappa shape index (κ3) is 4.65. The van der Waals surface area contributed by atoms with Gasteiger partial charge in [-0.05, 0) is 37.5 Å². The molecular weight excluding hydrogens is 230 g/mol. The molecule has 1 aromatic rings. The van der Waals surface area contributed by atoms with Gasteiger partial charge in [-0.25, -0.2) is 0 Å². The first-order valence-electron chi connectivity index (χ1n) is 6.33. The molecule has 1 atom stereocenters. The van der Waals surface area contributed by atoms with Crippen molar-refractivity contribution in [2.45, 2.75) is 45.6 Å². The number of nitrogens with one attached hydrogen (secondary N) is 1. The largest absolute Gasteiger partial charge is 0.504 e. The molecule has 3 N–H and O–H groups in total. The van der Waals surface area contributed by atoms with Crippen LogP contribution in [0.1, 0.15) is 38.7 Å². The van der Waals surface area contributed by atoms with E-state index >= 15 is 0 Å². The van der Waals surface area contributed by atoms with Gasteiger partial charge >= 0.3 is 0 Å². The van der Waals surface area contributed by atoms with Crippen LogP contribution >= 0.6 is 0 Å². The topological polar surface area (TPSA) is 69.6 Å². The summed E-state index contributed by atoms with van der Waals surface area (Å²) in [6, 6.07) is 4.83. The highest BCUT2D eigenvalue weighted by atomic mass is 16.3. The van der Waals surface area contributed by atoms with Gasteiger partial charge in [-0.1, -0.05) is 19.4 Å². The zero-order chi connectivity index (χ0) is 13.5. The van der Waals surface area contributed by atoms with Gasteiger partial charge in [0.2, 0.25) is 5.91 Å². The van der Waals surface area contributed by atoms with Crippen molar-refractivity contribution in [1.29, 1.82) is 0 Å². The molecule has 0 heterocycles. The molecule has 0 spiro atoms. The molecular formula is C14H21NO3. The SMILES string of the molecule is CCCC(C)NC(=O)CCc1ccc(O)c(O)c1. The zero-order valence-corrected chi connectivity index (χ0v) is 10.9. The van der Waals surface area contributed by atoms with Gasteiger partial charge in [0.1, 0.15) is 0 Å². The van der Waals surface area contributed by atoms with E-state index in [-0.39, 0.29) is 23.4 Å². The highest BCUT2D eigenvalue weighted by Gasteiger charge is 2.07. The van der Waals surface area contributed by atoms with E-state index in [9.17, 15) is 9.90 Å². The number of amides is 1. The summed E-state index contributed by atoms with van der Waals surface area (Å²) in [7, 11) is 0. The number of carbonyl (C=O) groups is 1. The van der Waals surface area contributed by atoms with Crippen LogP contribution in [0.15, 0.2) is 18.2 Å². The summed E-state index contributed by atoms with van der Waals surface area (Å²) in [5.41, 5.74) is 0.837. The van der Waals surface area contributed by atoms with Crippen LogP contribution in [-0.4, -0.2) is 22.2 Å². The van der Waals surface area contributed by atoms with Crippen molar-refractivity contribution >= 4 is 5.91 Å². The number of hydrogen-bond donors (Lipinski definition) is 3. The van der Waals surface area contributed by atoms with Crippen molar-refractivity contribution in [2.75, 3.05) is 0 Å². The molecule has 0 fully saturated rings. The van der Waals surface area contributed by atoms with E-state index in [0.717, 1.165) is 18.4 Å². The Morgan fingerprint density at radius 1 is 1.33 bits per heavy atom. The molecule has 0 saturated carbocycles. The fourth-order valence-corrected chi connectivity index (χ4v) is 1.83. The highest BCUT2D eigenvalue weighted by Crippen LogP contribution is 2.25. The van der Waals surface area contributed by atoms with Crippen LogP contribution in [0, 0.1) is 0 Å². The van der Waals surface area contributed by atoms with E-state index in [1.54, 1.807) is 6.07 Å². The summed E-state index contributed by atoms with van der Waals surface area (Å²) in [6.45, 7) is 4.08. The molecule has 0 aliphatic carbocycles. The third-order valence-corrected chi connectivity index (χ3v) is 2.81. The Hall–Kier alpha value is -1.71. The minimum absolute atomic E-state index is 0.0171. The lowest BCUT2D eigenvalue weighted by molar-refractivity contribution is -0.121. The van der Waals surface area contributed by atoms with E-state index in [2.05, 4.69) is 12.2 Å². The van der Waals surface area contributed by atoms with Gasteiger partial charge in [-0.3, -0.25) is 4.79 Å². The second-order valence-corrected chi connectivity index (χ2v) is 4.58. The number of aromatic hydroxyl groups is 2. The predicted octanol–water partition coefficient (Wildman–Crippen LogP) is 2.34. The molecule has 0 aliphatic heterocycles. The Morgan fingerprint density at radius 3 is 2.67 bits per heavy atom. The van der Waals surface area contributed by atoms with Gasteiger partial charge in [0, 0.05) is 12.5 Å². The first-order chi connectivity index (χ1) is 8.52. The van der Waals surface area contributed by atoms with Crippen LogP contribution in [0.5, 0.6) is 11.5 Å². The van der Waals surface area contributed by atoms with Gasteiger partial charge in [-0.15, -0.1) is 0 Å². The van der Waals surface area contributed by atoms with Gasteiger partial charge in [0.25, 0.3) is 0 Å². The maximum absolute atomic E-state index is 11.6. The normalized spacial score (nSPS) is 12.1. The van der Waals surface area contributed by atoms with Crippen molar-refractivity contribution in [3.8, 4) is 11.5 Å². The summed E-state index contributed by atoms with van der Waals surface area (Å²) in [5.74, 6) is -0.268. The smallest absolute Gasteiger partial charge is 0.220 e. The second kappa shape index (κ2) is 6.89. The number of aryl methyl sites for hydroxylation is 1. The molecule has 0 bridgehead atoms. The van der Waals surface area contributed by atoms with Gasteiger partial charge < -0.3 is 15.5 Å². The molecule has 0 radical (unpaired) electrons. The summed E-state index contributed by atoms with van der Waals surface area (Å²) in [4.78, 5) is 11.6. The molecule has 0 aliphatic rings. The molecule has 1 amide bonds. The van der Waals surface area contributed by atoms with Crippen molar-refractivity contribution in [2.24, 2.45) is 0 Å². The molecule has 0 saturated heterocycles. The Bertz CT molecular complexity index is 404. The van der Waals surface area contributed by atoms with E-state index in [1.807, 2.05) is 6.92 Å². The molecule has 100 valence electrons. The van der Waals surface area contributed by atoms with E-state index in [0.29, 0.717) is 12.8 Å². The van der Waals surface area contributed by atoms with Crippen molar-refractivity contribution < 1.29 is 15.0 Å². The van der Waals surface area contributed by atoms with Crippen LogP contribution in [0.3, 0.4) is 0 Å². The Labute approximate surface area is 108 Å². The lowest BCUT2D eigenvalue weighted by atomic mass is 10.1. The average molecular weight is 251 g/mol. The molecule has 0 aromatic heterocycles. The third-order valence-electron chi connectivity index (χ3n) is 2.81. The monoisotopic (exact) mass is 251 g/mol. The van der Waals surface area contributed by atoms with E-state index < -0.39 is 0 Å². The fourth-order valence-electron chi connectivity index (χ4n) is 1.83. The number of hydrogen-bond acceptors (Lipinski definition) is 3. The average Bonchev–Trinajstić information content (AvgIpc) is 2.31. The first kappa shape index (κ1) is 14.4. The lowest BCUT2D eigenvalue weighted by Gasteiger charge is -2.12. The minimum atomic E-state index is -0.146. The van der Waals surface area contributed by atoms with Crippen molar-refractivity contribution in [3.63, 3.8) is 0 Å². The van der Waals surface area contributed by atoms with E-state index in [1.165, 1.54) is 12.1 Å². The van der Waals surface area contributed by atoms with E-state index in [4.69, 9.17) is 5.11 Å². The van der Waals surface area contributed by atoms with Crippen LogP contribution in [-0.2, 0) is 11.2 Å². The first-order valence-corrected chi connectivity index (χ1v) is 6.33. The molecule has 1 unspecified atom stereocenters. The molecule has 18 heavy (non-hydrogen) atoms. The fraction of sp³-hybridized carbons (Fsp3) is 0.500. The summed E-state index contributed by atoms with van der Waals surface area (Å²) in [5, 5.41) is 21.4. The zero-order valence-electron chi connectivity index (χ0n) is 10.9. The Morgan fingerprint density at radius 2 is 2.06 bits per heavy atom. The molecule has 4 nitrogen and oxygen atoms in total. The van der Waals surface area contributed by atoms with Gasteiger partial charge in [-0.2, -0.15) is 0 Å². The molecule has 1 aromatic carbocycles. The quantitative estimate of drug-likeness (QED) is 0.680. The minimum Gasteiger partial charge on any atom is -0.504 e. The number of phenols is 2. The summed E-state index contributed by atoms with van der Waals surface area (Å²) >= 11 is 0. The lowest BCUT2D eigenvalue weighted by Crippen LogP contribution is -2.32. The number of benzene rings is 1. The maximum Gasteiger partial charge on any atom is 0.220 e. The number of carbonyl (C=O) groups excluding carboxylic acids is 1. The Balaban J connectivity index is 2.40. The maximum atomic E-state index is 11.6. The van der Waals surface area contributed by atoms with Crippen LogP contribution < -0.4 is 5.32 Å². The van der Waals surface area contributed by atoms with Gasteiger partial charge in [0.15, 0.2) is 11.5 Å². The molecule has 4 heteroatoms. The standard InChI is InChI=1S/C14H21NO3/c1-3-4-10(2)15-14(18)8-6-11-5-7-12(16)13(17)9-11/h5,7,9-10,16-17H,3-4,6,8H2,1-2H3,(H,15,18). The number of rotatable bonds is 6. The summed E-state index contributed by atoms with van der Waals surface area (Å²) in [6.07, 6.45) is 2.97. The summed E-state index contributed by atoms with van der Waals surface area (Å²) < 4.78 is 0.